The van der Waals surface area contributed by atoms with Gasteiger partial charge in [-0.2, -0.15) is 0 Å². The van der Waals surface area contributed by atoms with Gasteiger partial charge in [-0.05, 0) is 53.9 Å². The maximum atomic E-state index is 12.1. The Morgan fingerprint density at radius 1 is 1.26 bits per heavy atom. The second kappa shape index (κ2) is 5.39. The summed E-state index contributed by atoms with van der Waals surface area (Å²) in [5, 5.41) is 9.18. The first kappa shape index (κ1) is 15.8. The number of likely N-dealkylation sites (tertiary alicyclic amines) is 1. The van der Waals surface area contributed by atoms with Crippen molar-refractivity contribution in [1.29, 1.82) is 0 Å². The smallest absolute Gasteiger partial charge is 0.410 e. The minimum absolute atomic E-state index is 0.0408. The second-order valence-corrected chi connectivity index (χ2v) is 6.86. The summed E-state index contributed by atoms with van der Waals surface area (Å²) in [5.74, 6) is -0.830. The minimum Gasteiger partial charge on any atom is -0.481 e. The molecule has 1 amide bonds. The van der Waals surface area contributed by atoms with Gasteiger partial charge < -0.3 is 14.7 Å². The summed E-state index contributed by atoms with van der Waals surface area (Å²) < 4.78 is 5.37. The SMILES string of the molecule is CC(C)(C)OC(=O)N1CCCC1CC(C)(C)C(=O)O. The highest BCUT2D eigenvalue weighted by atomic mass is 16.6. The van der Waals surface area contributed by atoms with E-state index in [9.17, 15) is 14.7 Å². The first-order valence-corrected chi connectivity index (χ1v) is 6.76. The number of carbonyl (C=O) groups excluding carboxylic acids is 1. The van der Waals surface area contributed by atoms with E-state index in [4.69, 9.17) is 4.74 Å². The molecule has 5 nitrogen and oxygen atoms in total. The minimum atomic E-state index is -0.830. The second-order valence-electron chi connectivity index (χ2n) is 6.86. The number of carboxylic acid groups (broad SMARTS) is 1. The monoisotopic (exact) mass is 271 g/mol. The van der Waals surface area contributed by atoms with E-state index in [0.29, 0.717) is 13.0 Å². The van der Waals surface area contributed by atoms with E-state index in [-0.39, 0.29) is 12.1 Å². The quantitative estimate of drug-likeness (QED) is 0.857. The molecule has 1 aliphatic heterocycles. The van der Waals surface area contributed by atoms with Crippen molar-refractivity contribution in [2.24, 2.45) is 5.41 Å². The average molecular weight is 271 g/mol. The fraction of sp³-hybridized carbons (Fsp3) is 0.857. The lowest BCUT2D eigenvalue weighted by molar-refractivity contribution is -0.148. The van der Waals surface area contributed by atoms with Gasteiger partial charge >= 0.3 is 12.1 Å². The average Bonchev–Trinajstić information content (AvgIpc) is 2.61. The summed E-state index contributed by atoms with van der Waals surface area (Å²) in [5.41, 5.74) is -1.35. The molecule has 1 aliphatic rings. The van der Waals surface area contributed by atoms with Gasteiger partial charge in [-0.1, -0.05) is 0 Å². The van der Waals surface area contributed by atoms with Crippen molar-refractivity contribution >= 4 is 12.1 Å². The zero-order valence-electron chi connectivity index (χ0n) is 12.5. The van der Waals surface area contributed by atoms with E-state index >= 15 is 0 Å². The van der Waals surface area contributed by atoms with E-state index in [0.717, 1.165) is 12.8 Å². The molecule has 110 valence electrons. The Hall–Kier alpha value is -1.26. The lowest BCUT2D eigenvalue weighted by atomic mass is 9.85. The number of hydrogen-bond acceptors (Lipinski definition) is 3. The highest BCUT2D eigenvalue weighted by molar-refractivity contribution is 5.74. The van der Waals surface area contributed by atoms with Gasteiger partial charge in [-0.3, -0.25) is 4.79 Å². The lowest BCUT2D eigenvalue weighted by Crippen LogP contribution is -2.42. The highest BCUT2D eigenvalue weighted by Gasteiger charge is 2.38. The number of carbonyl (C=O) groups is 2. The van der Waals surface area contributed by atoms with Crippen LogP contribution in [0.4, 0.5) is 4.79 Å². The number of hydrogen-bond donors (Lipinski definition) is 1. The highest BCUT2D eigenvalue weighted by Crippen LogP contribution is 2.31. The third kappa shape index (κ3) is 4.40. The summed E-state index contributed by atoms with van der Waals surface area (Å²) >= 11 is 0. The van der Waals surface area contributed by atoms with Gasteiger partial charge in [-0.15, -0.1) is 0 Å². The van der Waals surface area contributed by atoms with Crippen molar-refractivity contribution in [2.75, 3.05) is 6.54 Å². The van der Waals surface area contributed by atoms with E-state index in [2.05, 4.69) is 0 Å². The molecular formula is C14H25NO4. The molecule has 0 aromatic heterocycles. The molecule has 0 aliphatic carbocycles. The van der Waals surface area contributed by atoms with Gasteiger partial charge in [0.2, 0.25) is 0 Å². The van der Waals surface area contributed by atoms with Crippen LogP contribution in [0.1, 0.15) is 53.9 Å². The zero-order chi connectivity index (χ0) is 14.8. The standard InChI is InChI=1S/C14H25NO4/c1-13(2,3)19-12(18)15-8-6-7-10(15)9-14(4,5)11(16)17/h10H,6-9H2,1-5H3,(H,16,17). The molecule has 0 aromatic rings. The summed E-state index contributed by atoms with van der Waals surface area (Å²) in [6, 6.07) is -0.0408. The molecular weight excluding hydrogens is 246 g/mol. The summed E-state index contributed by atoms with van der Waals surface area (Å²) in [7, 11) is 0. The lowest BCUT2D eigenvalue weighted by Gasteiger charge is -2.31. The Labute approximate surface area is 114 Å². The predicted octanol–water partition coefficient (Wildman–Crippen LogP) is 2.89. The van der Waals surface area contributed by atoms with Gasteiger partial charge in [0.05, 0.1) is 5.41 Å². The molecule has 1 atom stereocenters. The fourth-order valence-corrected chi connectivity index (χ4v) is 2.29. The topological polar surface area (TPSA) is 66.8 Å². The van der Waals surface area contributed by atoms with Crippen LogP contribution in [-0.2, 0) is 9.53 Å². The van der Waals surface area contributed by atoms with Crippen molar-refractivity contribution in [2.45, 2.75) is 65.5 Å². The molecule has 0 bridgehead atoms. The number of carboxylic acids is 1. The Morgan fingerprint density at radius 2 is 1.84 bits per heavy atom. The molecule has 0 aromatic carbocycles. The van der Waals surface area contributed by atoms with E-state index in [1.54, 1.807) is 18.7 Å². The van der Waals surface area contributed by atoms with E-state index < -0.39 is 17.0 Å². The first-order valence-electron chi connectivity index (χ1n) is 6.76. The van der Waals surface area contributed by atoms with Gasteiger partial charge in [0.15, 0.2) is 0 Å². The van der Waals surface area contributed by atoms with Crippen LogP contribution < -0.4 is 0 Å². The normalized spacial score (nSPS) is 20.5. The van der Waals surface area contributed by atoms with Crippen LogP contribution in [0, 0.1) is 5.41 Å². The summed E-state index contributed by atoms with van der Waals surface area (Å²) in [4.78, 5) is 24.9. The molecule has 19 heavy (non-hydrogen) atoms. The van der Waals surface area contributed by atoms with Crippen LogP contribution in [0.2, 0.25) is 0 Å². The number of nitrogens with zero attached hydrogens (tertiary/aromatic N) is 1. The van der Waals surface area contributed by atoms with Crippen molar-refractivity contribution in [1.82, 2.24) is 4.90 Å². The third-order valence-corrected chi connectivity index (χ3v) is 3.33. The van der Waals surface area contributed by atoms with Gasteiger partial charge in [-0.25, -0.2) is 4.79 Å². The molecule has 0 saturated carbocycles. The van der Waals surface area contributed by atoms with Crippen molar-refractivity contribution in [3.63, 3.8) is 0 Å². The third-order valence-electron chi connectivity index (χ3n) is 3.33. The van der Waals surface area contributed by atoms with E-state index in [1.165, 1.54) is 0 Å². The largest absolute Gasteiger partial charge is 0.481 e. The van der Waals surface area contributed by atoms with Gasteiger partial charge in [0, 0.05) is 12.6 Å². The maximum Gasteiger partial charge on any atom is 0.410 e. The van der Waals surface area contributed by atoms with Crippen LogP contribution in [0.25, 0.3) is 0 Å². The Balaban J connectivity index is 2.69. The molecule has 1 rings (SSSR count). The van der Waals surface area contributed by atoms with Crippen LogP contribution in [0.5, 0.6) is 0 Å². The molecule has 1 heterocycles. The van der Waals surface area contributed by atoms with Crippen LogP contribution in [-0.4, -0.2) is 40.3 Å². The van der Waals surface area contributed by atoms with Crippen molar-refractivity contribution < 1.29 is 19.4 Å². The van der Waals surface area contributed by atoms with Gasteiger partial charge in [0.25, 0.3) is 0 Å². The Morgan fingerprint density at radius 3 is 2.32 bits per heavy atom. The fourth-order valence-electron chi connectivity index (χ4n) is 2.29. The summed E-state index contributed by atoms with van der Waals surface area (Å²) in [6.07, 6.45) is 1.87. The first-order chi connectivity index (χ1) is 8.53. The molecule has 1 N–H and O–H groups in total. The van der Waals surface area contributed by atoms with Crippen LogP contribution in [0.3, 0.4) is 0 Å². The van der Waals surface area contributed by atoms with Gasteiger partial charge in [0.1, 0.15) is 5.60 Å². The molecule has 1 fully saturated rings. The number of rotatable bonds is 3. The number of ether oxygens (including phenoxy) is 1. The predicted molar refractivity (Wildman–Crippen MR) is 72.0 cm³/mol. The number of aliphatic carboxylic acids is 1. The van der Waals surface area contributed by atoms with Crippen molar-refractivity contribution in [3.8, 4) is 0 Å². The molecule has 0 radical (unpaired) electrons. The molecule has 1 saturated heterocycles. The Bertz CT molecular complexity index is 357. The van der Waals surface area contributed by atoms with Crippen LogP contribution >= 0.6 is 0 Å². The van der Waals surface area contributed by atoms with Crippen LogP contribution in [0.15, 0.2) is 0 Å². The summed E-state index contributed by atoms with van der Waals surface area (Å²) in [6.45, 7) is 9.53. The number of amides is 1. The van der Waals surface area contributed by atoms with E-state index in [1.807, 2.05) is 20.8 Å². The molecule has 0 spiro atoms. The molecule has 5 heteroatoms. The zero-order valence-corrected chi connectivity index (χ0v) is 12.5. The van der Waals surface area contributed by atoms with Crippen molar-refractivity contribution in [3.05, 3.63) is 0 Å². The Kier molecular flexibility index (Phi) is 4.48. The maximum absolute atomic E-state index is 12.1. The molecule has 1 unspecified atom stereocenters.